The van der Waals surface area contributed by atoms with Gasteiger partial charge in [-0.1, -0.05) is 34.6 Å². The molecule has 0 aliphatic heterocycles. The van der Waals surface area contributed by atoms with E-state index in [1.807, 2.05) is 18.3 Å². The lowest BCUT2D eigenvalue weighted by molar-refractivity contribution is 0.362. The quantitative estimate of drug-likeness (QED) is 0.858. The molecule has 1 fully saturated rings. The molecule has 1 N–H and O–H groups in total. The smallest absolute Gasteiger partial charge is 0.141 e. The Kier molecular flexibility index (Phi) is 4.10. The van der Waals surface area contributed by atoms with Crippen molar-refractivity contribution in [3.8, 4) is 5.75 Å². The highest BCUT2D eigenvalue weighted by Gasteiger charge is 2.67. The SMILES string of the molecule is CCCNC(c1ncccc1OC)C1C(C)(C)C1(C)C. The molecule has 0 saturated heterocycles. The predicted molar refractivity (Wildman–Crippen MR) is 82.9 cm³/mol. The summed E-state index contributed by atoms with van der Waals surface area (Å²) in [5.74, 6) is 1.46. The largest absolute Gasteiger partial charge is 0.495 e. The summed E-state index contributed by atoms with van der Waals surface area (Å²) in [5, 5.41) is 3.69. The Labute approximate surface area is 123 Å². The number of pyridine rings is 1. The summed E-state index contributed by atoms with van der Waals surface area (Å²) in [4.78, 5) is 4.61. The van der Waals surface area contributed by atoms with Crippen LogP contribution in [0.5, 0.6) is 5.75 Å². The Morgan fingerprint density at radius 2 is 1.95 bits per heavy atom. The van der Waals surface area contributed by atoms with Gasteiger partial charge in [0.05, 0.1) is 18.8 Å². The van der Waals surface area contributed by atoms with E-state index in [1.54, 1.807) is 7.11 Å². The first kappa shape index (κ1) is 15.3. The second kappa shape index (κ2) is 5.36. The second-order valence-electron chi connectivity index (χ2n) is 6.94. The zero-order valence-corrected chi connectivity index (χ0v) is 13.7. The van der Waals surface area contributed by atoms with Crippen molar-refractivity contribution in [3.63, 3.8) is 0 Å². The van der Waals surface area contributed by atoms with Crippen LogP contribution in [0, 0.1) is 16.7 Å². The summed E-state index contributed by atoms with van der Waals surface area (Å²) >= 11 is 0. The van der Waals surface area contributed by atoms with Gasteiger partial charge in [0.2, 0.25) is 0 Å². The highest BCUT2D eigenvalue weighted by Crippen LogP contribution is 2.72. The molecule has 0 spiro atoms. The maximum atomic E-state index is 5.52. The van der Waals surface area contributed by atoms with Gasteiger partial charge < -0.3 is 10.1 Å². The molecule has 0 amide bonds. The van der Waals surface area contributed by atoms with Crippen molar-refractivity contribution in [2.75, 3.05) is 13.7 Å². The van der Waals surface area contributed by atoms with Gasteiger partial charge in [0, 0.05) is 6.20 Å². The van der Waals surface area contributed by atoms with Crippen LogP contribution in [0.2, 0.25) is 0 Å². The summed E-state index contributed by atoms with van der Waals surface area (Å²) in [6.45, 7) is 12.6. The predicted octanol–water partition coefficient (Wildman–Crippen LogP) is 3.81. The van der Waals surface area contributed by atoms with Crippen LogP contribution in [0.15, 0.2) is 18.3 Å². The number of hydrogen-bond donors (Lipinski definition) is 1. The molecule has 1 aliphatic carbocycles. The zero-order valence-electron chi connectivity index (χ0n) is 13.7. The molecule has 1 saturated carbocycles. The fourth-order valence-corrected chi connectivity index (χ4v) is 3.56. The van der Waals surface area contributed by atoms with E-state index in [-0.39, 0.29) is 6.04 Å². The van der Waals surface area contributed by atoms with Crippen molar-refractivity contribution in [2.45, 2.75) is 47.1 Å². The minimum Gasteiger partial charge on any atom is -0.495 e. The summed E-state index contributed by atoms with van der Waals surface area (Å²) in [6, 6.07) is 4.20. The van der Waals surface area contributed by atoms with Crippen molar-refractivity contribution >= 4 is 0 Å². The van der Waals surface area contributed by atoms with Crippen LogP contribution in [0.3, 0.4) is 0 Å². The molecule has 1 aromatic heterocycles. The van der Waals surface area contributed by atoms with E-state index >= 15 is 0 Å². The Bertz CT molecular complexity index is 454. The third kappa shape index (κ3) is 2.32. The normalized spacial score (nSPS) is 21.5. The molecular weight excluding hydrogens is 248 g/mol. The summed E-state index contributed by atoms with van der Waals surface area (Å²) in [6.07, 6.45) is 2.99. The molecule has 0 radical (unpaired) electrons. The van der Waals surface area contributed by atoms with Gasteiger partial charge >= 0.3 is 0 Å². The van der Waals surface area contributed by atoms with Gasteiger partial charge in [0.25, 0.3) is 0 Å². The van der Waals surface area contributed by atoms with Crippen LogP contribution < -0.4 is 10.1 Å². The van der Waals surface area contributed by atoms with Gasteiger partial charge in [-0.05, 0) is 41.8 Å². The number of hydrogen-bond acceptors (Lipinski definition) is 3. The number of methoxy groups -OCH3 is 1. The van der Waals surface area contributed by atoms with Crippen LogP contribution in [-0.2, 0) is 0 Å². The number of aromatic nitrogens is 1. The molecule has 1 heterocycles. The van der Waals surface area contributed by atoms with Gasteiger partial charge in [-0.3, -0.25) is 4.98 Å². The fraction of sp³-hybridized carbons (Fsp3) is 0.706. The van der Waals surface area contributed by atoms with Gasteiger partial charge in [-0.15, -0.1) is 0 Å². The van der Waals surface area contributed by atoms with Crippen LogP contribution in [0.1, 0.15) is 52.8 Å². The lowest BCUT2D eigenvalue weighted by Gasteiger charge is -2.22. The number of ether oxygens (including phenoxy) is 1. The fourth-order valence-electron chi connectivity index (χ4n) is 3.56. The van der Waals surface area contributed by atoms with Crippen molar-refractivity contribution in [1.82, 2.24) is 10.3 Å². The van der Waals surface area contributed by atoms with Crippen molar-refractivity contribution in [2.24, 2.45) is 16.7 Å². The molecule has 1 atom stereocenters. The average Bonchev–Trinajstić information content (AvgIpc) is 2.82. The van der Waals surface area contributed by atoms with Gasteiger partial charge in [-0.25, -0.2) is 0 Å². The molecule has 2 rings (SSSR count). The van der Waals surface area contributed by atoms with E-state index < -0.39 is 0 Å². The molecule has 20 heavy (non-hydrogen) atoms. The summed E-state index contributed by atoms with van der Waals surface area (Å²) < 4.78 is 5.52. The maximum absolute atomic E-state index is 5.52. The third-order valence-corrected chi connectivity index (χ3v) is 5.39. The molecule has 0 aromatic carbocycles. The van der Waals surface area contributed by atoms with Crippen LogP contribution >= 0.6 is 0 Å². The van der Waals surface area contributed by atoms with Crippen molar-refractivity contribution < 1.29 is 4.74 Å². The zero-order chi connectivity index (χ0) is 15.0. The molecule has 1 unspecified atom stereocenters. The minimum absolute atomic E-state index is 0.260. The summed E-state index contributed by atoms with van der Waals surface area (Å²) in [5.41, 5.74) is 1.69. The second-order valence-corrected chi connectivity index (χ2v) is 6.94. The van der Waals surface area contributed by atoms with E-state index in [0.717, 1.165) is 24.4 Å². The first-order valence-electron chi connectivity index (χ1n) is 7.60. The maximum Gasteiger partial charge on any atom is 0.141 e. The van der Waals surface area contributed by atoms with Gasteiger partial charge in [-0.2, -0.15) is 0 Å². The summed E-state index contributed by atoms with van der Waals surface area (Å²) in [7, 11) is 1.72. The lowest BCUT2D eigenvalue weighted by Crippen LogP contribution is -2.27. The first-order chi connectivity index (χ1) is 9.37. The molecule has 3 nitrogen and oxygen atoms in total. The van der Waals surface area contributed by atoms with Gasteiger partial charge in [0.1, 0.15) is 5.75 Å². The first-order valence-corrected chi connectivity index (χ1v) is 7.60. The van der Waals surface area contributed by atoms with Crippen LogP contribution in [-0.4, -0.2) is 18.6 Å². The van der Waals surface area contributed by atoms with E-state index in [4.69, 9.17) is 4.74 Å². The highest BCUT2D eigenvalue weighted by molar-refractivity contribution is 5.33. The molecular formula is C17H28N2O. The van der Waals surface area contributed by atoms with Crippen LogP contribution in [0.25, 0.3) is 0 Å². The minimum atomic E-state index is 0.260. The molecule has 3 heteroatoms. The average molecular weight is 276 g/mol. The Morgan fingerprint density at radius 3 is 2.45 bits per heavy atom. The topological polar surface area (TPSA) is 34.2 Å². The standard InChI is InChI=1S/C17H28N2O/c1-7-10-18-14(15-16(2,3)17(15,4)5)13-12(20-6)9-8-11-19-13/h8-9,11,14-15,18H,7,10H2,1-6H3. The third-order valence-electron chi connectivity index (χ3n) is 5.39. The van der Waals surface area contributed by atoms with Crippen molar-refractivity contribution in [3.05, 3.63) is 24.0 Å². The lowest BCUT2D eigenvalue weighted by atomic mass is 9.99. The van der Waals surface area contributed by atoms with E-state index in [2.05, 4.69) is 44.9 Å². The van der Waals surface area contributed by atoms with Gasteiger partial charge in [0.15, 0.2) is 0 Å². The Hall–Kier alpha value is -1.09. The van der Waals surface area contributed by atoms with Crippen LogP contribution in [0.4, 0.5) is 0 Å². The molecule has 112 valence electrons. The van der Waals surface area contributed by atoms with Crippen molar-refractivity contribution in [1.29, 1.82) is 0 Å². The number of rotatable bonds is 6. The number of nitrogens with zero attached hydrogens (tertiary/aromatic N) is 1. The monoisotopic (exact) mass is 276 g/mol. The molecule has 1 aromatic rings. The number of nitrogens with one attached hydrogen (secondary N) is 1. The Morgan fingerprint density at radius 1 is 1.30 bits per heavy atom. The Balaban J connectivity index is 2.34. The van der Waals surface area contributed by atoms with E-state index in [9.17, 15) is 0 Å². The van der Waals surface area contributed by atoms with E-state index in [0.29, 0.717) is 16.7 Å². The molecule has 1 aliphatic rings. The highest BCUT2D eigenvalue weighted by atomic mass is 16.5. The van der Waals surface area contributed by atoms with E-state index in [1.165, 1.54) is 0 Å². The molecule has 0 bridgehead atoms.